The molecule has 11 heteroatoms. The number of rotatable bonds is 10. The zero-order chi connectivity index (χ0) is 31.9. The number of esters is 1. The van der Waals surface area contributed by atoms with Gasteiger partial charge in [-0.05, 0) is 116 Å². The van der Waals surface area contributed by atoms with Gasteiger partial charge in [-0.25, -0.2) is 4.79 Å². The fraction of sp³-hybridized carbons (Fsp3) is 0.606. The number of halogens is 5. The minimum Gasteiger partial charge on any atom is -0.423 e. The van der Waals surface area contributed by atoms with Crippen LogP contribution in [0.3, 0.4) is 0 Å². The van der Waals surface area contributed by atoms with E-state index in [9.17, 15) is 36.1 Å². The second-order valence-corrected chi connectivity index (χ2v) is 14.7. The monoisotopic (exact) mass is 641 g/mol. The number of aliphatic hydroxyl groups is 1. The molecule has 3 aliphatic carbocycles. The summed E-state index contributed by atoms with van der Waals surface area (Å²) in [5.41, 5.74) is 8.70. The number of carbonyl (C=O) groups excluding carboxylic acids is 1. The lowest BCUT2D eigenvalue weighted by Gasteiger charge is -2.53. The molecule has 0 saturated heterocycles. The zero-order valence-electron chi connectivity index (χ0n) is 24.8. The molecule has 0 spiro atoms. The van der Waals surface area contributed by atoms with Crippen molar-refractivity contribution in [1.82, 2.24) is 0 Å². The molecule has 1 unspecified atom stereocenters. The van der Waals surface area contributed by atoms with E-state index in [2.05, 4.69) is 6.92 Å². The van der Waals surface area contributed by atoms with Crippen molar-refractivity contribution >= 4 is 22.5 Å². The van der Waals surface area contributed by atoms with Crippen LogP contribution in [-0.2, 0) is 17.2 Å². The first-order valence-electron chi connectivity index (χ1n) is 15.4. The van der Waals surface area contributed by atoms with E-state index >= 15 is 0 Å². The van der Waals surface area contributed by atoms with Gasteiger partial charge in [-0.15, -0.1) is 0 Å². The van der Waals surface area contributed by atoms with Gasteiger partial charge in [-0.2, -0.15) is 22.0 Å². The Kier molecular flexibility index (Phi) is 9.48. The first-order chi connectivity index (χ1) is 20.7. The van der Waals surface area contributed by atoms with Crippen molar-refractivity contribution in [3.63, 3.8) is 0 Å². The number of benzene rings is 2. The molecule has 242 valence electrons. The van der Waals surface area contributed by atoms with Gasteiger partial charge in [0.2, 0.25) is 0 Å². The van der Waals surface area contributed by atoms with E-state index in [1.807, 2.05) is 18.2 Å². The number of nitrogens with two attached hydrogens (primary N) is 1. The van der Waals surface area contributed by atoms with Gasteiger partial charge < -0.3 is 15.6 Å². The van der Waals surface area contributed by atoms with Crippen molar-refractivity contribution in [2.75, 3.05) is 17.2 Å². The first-order valence-corrected chi connectivity index (χ1v) is 16.9. The third-order valence-electron chi connectivity index (χ3n) is 10.4. The molecular formula is C33H40F5NO4S. The average Bonchev–Trinajstić information content (AvgIpc) is 3.26. The summed E-state index contributed by atoms with van der Waals surface area (Å²) in [7, 11) is -1.50. The summed E-state index contributed by atoms with van der Waals surface area (Å²) in [6, 6.07) is 12.5. The molecule has 2 aromatic carbocycles. The molecule has 2 aromatic rings. The summed E-state index contributed by atoms with van der Waals surface area (Å²) in [4.78, 5) is 12.8. The molecule has 0 radical (unpaired) electrons. The van der Waals surface area contributed by atoms with E-state index in [1.165, 1.54) is 5.56 Å². The van der Waals surface area contributed by atoms with Crippen molar-refractivity contribution in [2.24, 2.45) is 23.2 Å². The maximum atomic E-state index is 13.2. The van der Waals surface area contributed by atoms with Crippen molar-refractivity contribution < 1.29 is 40.8 Å². The first kappa shape index (κ1) is 32.9. The minimum atomic E-state index is -5.60. The number of nitrogen functional groups attached to an aromatic ring is 1. The van der Waals surface area contributed by atoms with Gasteiger partial charge in [0.05, 0.1) is 11.7 Å². The van der Waals surface area contributed by atoms with Crippen molar-refractivity contribution in [1.29, 1.82) is 0 Å². The van der Waals surface area contributed by atoms with Gasteiger partial charge in [0.1, 0.15) is 5.75 Å². The normalized spacial score (nSPS) is 28.9. The van der Waals surface area contributed by atoms with Crippen LogP contribution >= 0.6 is 0 Å². The number of carbonyl (C=O) groups is 1. The topological polar surface area (TPSA) is 89.6 Å². The van der Waals surface area contributed by atoms with E-state index in [-0.39, 0.29) is 40.4 Å². The Morgan fingerprint density at radius 2 is 1.80 bits per heavy atom. The van der Waals surface area contributed by atoms with Gasteiger partial charge in [-0.1, -0.05) is 25.1 Å². The summed E-state index contributed by atoms with van der Waals surface area (Å²) in [5.74, 6) is -3.78. The average molecular weight is 642 g/mol. The number of alkyl halides is 5. The summed E-state index contributed by atoms with van der Waals surface area (Å²) in [6.45, 7) is 2.18. The molecule has 5 nitrogen and oxygen atoms in total. The fourth-order valence-electron chi connectivity index (χ4n) is 8.13. The van der Waals surface area contributed by atoms with Crippen LogP contribution in [0.25, 0.3) is 0 Å². The predicted octanol–water partition coefficient (Wildman–Crippen LogP) is 7.44. The minimum absolute atomic E-state index is 0.172. The van der Waals surface area contributed by atoms with Gasteiger partial charge in [0.15, 0.2) is 0 Å². The molecule has 3 aliphatic rings. The third-order valence-corrected chi connectivity index (χ3v) is 11.9. The van der Waals surface area contributed by atoms with Crippen molar-refractivity contribution in [3.05, 3.63) is 59.2 Å². The molecule has 0 aromatic heterocycles. The highest BCUT2D eigenvalue weighted by atomic mass is 32.2. The molecule has 2 saturated carbocycles. The van der Waals surface area contributed by atoms with Gasteiger partial charge in [0, 0.05) is 34.4 Å². The molecule has 0 bridgehead atoms. The number of ether oxygens (including phenoxy) is 1. The van der Waals surface area contributed by atoms with Crippen LogP contribution in [0.1, 0.15) is 85.7 Å². The van der Waals surface area contributed by atoms with Crippen LogP contribution in [0.4, 0.5) is 27.6 Å². The lowest BCUT2D eigenvalue weighted by Crippen LogP contribution is -2.47. The van der Waals surface area contributed by atoms with E-state index < -0.39 is 41.7 Å². The van der Waals surface area contributed by atoms with Crippen LogP contribution < -0.4 is 10.5 Å². The second kappa shape index (κ2) is 12.7. The number of para-hydroxylation sites is 1. The molecule has 3 N–H and O–H groups in total. The molecule has 7 atom stereocenters. The highest BCUT2D eigenvalue weighted by molar-refractivity contribution is 7.84. The van der Waals surface area contributed by atoms with Crippen molar-refractivity contribution in [2.45, 2.75) is 88.8 Å². The third kappa shape index (κ3) is 6.55. The fourth-order valence-corrected chi connectivity index (χ4v) is 9.29. The number of hydrogen-bond acceptors (Lipinski definition) is 5. The van der Waals surface area contributed by atoms with Gasteiger partial charge in [0.25, 0.3) is 0 Å². The van der Waals surface area contributed by atoms with Crippen molar-refractivity contribution in [3.8, 4) is 5.75 Å². The van der Waals surface area contributed by atoms with E-state index in [4.69, 9.17) is 10.5 Å². The Morgan fingerprint density at radius 1 is 1.07 bits per heavy atom. The number of aliphatic hydroxyl groups excluding tert-OH is 1. The lowest BCUT2D eigenvalue weighted by atomic mass is 9.52. The molecule has 5 rings (SSSR count). The molecule has 0 heterocycles. The largest absolute Gasteiger partial charge is 0.453 e. The Balaban J connectivity index is 1.29. The smallest absolute Gasteiger partial charge is 0.423 e. The Morgan fingerprint density at radius 3 is 2.52 bits per heavy atom. The number of anilines is 1. The van der Waals surface area contributed by atoms with Gasteiger partial charge >= 0.3 is 18.1 Å². The molecule has 0 amide bonds. The molecule has 0 aliphatic heterocycles. The van der Waals surface area contributed by atoms with Crippen LogP contribution in [0, 0.1) is 23.2 Å². The van der Waals surface area contributed by atoms with Crippen LogP contribution in [-0.4, -0.2) is 45.0 Å². The van der Waals surface area contributed by atoms with Crippen LogP contribution in [0.5, 0.6) is 5.75 Å². The standard InChI is InChI=1S/C33H40F5NO4S/c1-31-15-13-24-23-10-9-22(43-30(41)25-7-2-3-8-27(25)39)19-21(23)18-20(29(24)26(31)11-12-28(31)40)6-4-16-44(42)17-5-14-32(34,35)33(36,37)38/h2-3,7-10,19-20,24,26,28-29,40H,4-6,11-18,39H2,1H3/t20-,24-,26+,28+,29-,31+,44?/m1/s1. The maximum absolute atomic E-state index is 13.2. The molecule has 2 fully saturated rings. The lowest BCUT2D eigenvalue weighted by molar-refractivity contribution is -0.284. The van der Waals surface area contributed by atoms with Crippen LogP contribution in [0.15, 0.2) is 42.5 Å². The van der Waals surface area contributed by atoms with E-state index in [0.717, 1.165) is 37.7 Å². The summed E-state index contributed by atoms with van der Waals surface area (Å²) >= 11 is 0. The number of fused-ring (bicyclic) bond motifs is 5. The van der Waals surface area contributed by atoms with Crippen LogP contribution in [0.2, 0.25) is 0 Å². The SMILES string of the molecule is C[C@]12CC[C@@H]3c4ccc(OC(=O)c5ccccc5N)cc4C[C@@H](CCCS(=O)CCCC(F)(F)C(F)(F)F)[C@H]3[C@@H]1CC[C@@H]2O. The Labute approximate surface area is 257 Å². The zero-order valence-corrected chi connectivity index (χ0v) is 25.6. The quantitative estimate of drug-likeness (QED) is 0.122. The second-order valence-electron chi connectivity index (χ2n) is 13.0. The summed E-state index contributed by atoms with van der Waals surface area (Å²) in [6.07, 6.45) is -2.29. The highest BCUT2D eigenvalue weighted by Gasteiger charge is 2.57. The maximum Gasteiger partial charge on any atom is 0.453 e. The number of hydrogen-bond donors (Lipinski definition) is 2. The summed E-state index contributed by atoms with van der Waals surface area (Å²) < 4.78 is 82.1. The Hall–Kier alpha value is -2.53. The van der Waals surface area contributed by atoms with E-state index in [1.54, 1.807) is 24.3 Å². The Bertz CT molecular complexity index is 1380. The molecular weight excluding hydrogens is 601 g/mol. The highest BCUT2D eigenvalue weighted by Crippen LogP contribution is 2.62. The predicted molar refractivity (Wildman–Crippen MR) is 159 cm³/mol. The van der Waals surface area contributed by atoms with Gasteiger partial charge in [-0.3, -0.25) is 4.21 Å². The van der Waals surface area contributed by atoms with E-state index in [0.29, 0.717) is 36.1 Å². The molecule has 44 heavy (non-hydrogen) atoms. The summed E-state index contributed by atoms with van der Waals surface area (Å²) in [5, 5.41) is 10.9.